The van der Waals surface area contributed by atoms with Crippen LogP contribution in [0.5, 0.6) is 0 Å². The molecule has 0 spiro atoms. The molecular formula is C17H18FNO. The molecule has 2 rings (SSSR count). The van der Waals surface area contributed by atoms with Crippen LogP contribution in [0.2, 0.25) is 0 Å². The van der Waals surface area contributed by atoms with Crippen molar-refractivity contribution in [1.82, 2.24) is 0 Å². The fraction of sp³-hybridized carbons (Fsp3) is 0.235. The zero-order valence-corrected chi connectivity index (χ0v) is 11.7. The summed E-state index contributed by atoms with van der Waals surface area (Å²) in [5, 5.41) is 2.73. The van der Waals surface area contributed by atoms with Gasteiger partial charge in [0.25, 0.3) is 0 Å². The van der Waals surface area contributed by atoms with Crippen LogP contribution in [0.1, 0.15) is 30.4 Å². The number of hydrogen-bond donors (Lipinski definition) is 1. The molecular weight excluding hydrogens is 253 g/mol. The first-order chi connectivity index (χ1) is 9.56. The standard InChI is InChI=1S/C17H18FNO/c1-12-8-9-15(11-16(12)18)19-17(20)10-13(2)14-6-4-3-5-7-14/h3-9,11,13H,10H2,1-2H3,(H,19,20)/t13-/m1/s1. The Morgan fingerprint density at radius 1 is 1.20 bits per heavy atom. The van der Waals surface area contributed by atoms with E-state index in [4.69, 9.17) is 0 Å². The highest BCUT2D eigenvalue weighted by molar-refractivity contribution is 5.91. The summed E-state index contributed by atoms with van der Waals surface area (Å²) < 4.78 is 13.4. The molecule has 0 saturated carbocycles. The maximum atomic E-state index is 13.4. The van der Waals surface area contributed by atoms with Crippen LogP contribution in [0.25, 0.3) is 0 Å². The van der Waals surface area contributed by atoms with Gasteiger partial charge in [-0.05, 0) is 36.1 Å². The van der Waals surface area contributed by atoms with E-state index < -0.39 is 0 Å². The van der Waals surface area contributed by atoms with Gasteiger partial charge in [0.05, 0.1) is 0 Å². The lowest BCUT2D eigenvalue weighted by Gasteiger charge is -2.12. The van der Waals surface area contributed by atoms with E-state index in [1.165, 1.54) is 6.07 Å². The van der Waals surface area contributed by atoms with Crippen LogP contribution in [0, 0.1) is 12.7 Å². The summed E-state index contributed by atoms with van der Waals surface area (Å²) in [6, 6.07) is 14.6. The second-order valence-electron chi connectivity index (χ2n) is 5.03. The minimum absolute atomic E-state index is 0.107. The van der Waals surface area contributed by atoms with Gasteiger partial charge in [-0.3, -0.25) is 4.79 Å². The number of anilines is 1. The summed E-state index contributed by atoms with van der Waals surface area (Å²) in [6.07, 6.45) is 0.375. The molecule has 0 fully saturated rings. The van der Waals surface area contributed by atoms with Crippen LogP contribution < -0.4 is 5.32 Å². The number of hydrogen-bond acceptors (Lipinski definition) is 1. The molecule has 3 heteroatoms. The predicted molar refractivity (Wildman–Crippen MR) is 79.2 cm³/mol. The summed E-state index contributed by atoms with van der Waals surface area (Å²) in [4.78, 5) is 12.0. The lowest BCUT2D eigenvalue weighted by Crippen LogP contribution is -2.14. The third-order valence-corrected chi connectivity index (χ3v) is 3.32. The normalized spacial score (nSPS) is 11.9. The highest BCUT2D eigenvalue weighted by Crippen LogP contribution is 2.20. The van der Waals surface area contributed by atoms with Crippen LogP contribution in [0.15, 0.2) is 48.5 Å². The highest BCUT2D eigenvalue weighted by atomic mass is 19.1. The molecule has 0 aliphatic carbocycles. The van der Waals surface area contributed by atoms with Crippen molar-refractivity contribution in [1.29, 1.82) is 0 Å². The molecule has 0 aliphatic heterocycles. The Bertz CT molecular complexity index is 595. The van der Waals surface area contributed by atoms with Crippen molar-refractivity contribution in [3.63, 3.8) is 0 Å². The molecule has 1 atom stereocenters. The number of aryl methyl sites for hydroxylation is 1. The Kier molecular flexibility index (Phi) is 4.51. The maximum absolute atomic E-state index is 13.4. The Hall–Kier alpha value is -2.16. The molecule has 1 amide bonds. The van der Waals surface area contributed by atoms with Gasteiger partial charge in [-0.15, -0.1) is 0 Å². The van der Waals surface area contributed by atoms with Gasteiger partial charge in [0, 0.05) is 12.1 Å². The molecule has 0 saturated heterocycles. The molecule has 1 N–H and O–H groups in total. The van der Waals surface area contributed by atoms with Gasteiger partial charge < -0.3 is 5.32 Å². The van der Waals surface area contributed by atoms with Crippen molar-refractivity contribution in [2.24, 2.45) is 0 Å². The van der Waals surface area contributed by atoms with Gasteiger partial charge in [0.15, 0.2) is 0 Å². The number of carbonyl (C=O) groups is 1. The summed E-state index contributed by atoms with van der Waals surface area (Å²) in [5.74, 6) is -0.282. The molecule has 0 aliphatic rings. The van der Waals surface area contributed by atoms with Gasteiger partial charge >= 0.3 is 0 Å². The third-order valence-electron chi connectivity index (χ3n) is 3.32. The van der Waals surface area contributed by atoms with E-state index in [1.54, 1.807) is 19.1 Å². The fourth-order valence-corrected chi connectivity index (χ4v) is 2.06. The van der Waals surface area contributed by atoms with E-state index in [0.717, 1.165) is 5.56 Å². The van der Waals surface area contributed by atoms with E-state index in [-0.39, 0.29) is 17.6 Å². The van der Waals surface area contributed by atoms with E-state index in [0.29, 0.717) is 17.7 Å². The smallest absolute Gasteiger partial charge is 0.224 e. The van der Waals surface area contributed by atoms with Crippen molar-refractivity contribution in [2.75, 3.05) is 5.32 Å². The van der Waals surface area contributed by atoms with Crippen LogP contribution in [0.3, 0.4) is 0 Å². The van der Waals surface area contributed by atoms with Gasteiger partial charge in [-0.1, -0.05) is 43.3 Å². The molecule has 0 unspecified atom stereocenters. The zero-order chi connectivity index (χ0) is 14.5. The molecule has 0 heterocycles. The molecule has 0 radical (unpaired) electrons. The quantitative estimate of drug-likeness (QED) is 0.884. The lowest BCUT2D eigenvalue weighted by atomic mass is 9.97. The zero-order valence-electron chi connectivity index (χ0n) is 11.7. The lowest BCUT2D eigenvalue weighted by molar-refractivity contribution is -0.116. The average molecular weight is 271 g/mol. The van der Waals surface area contributed by atoms with Crippen LogP contribution >= 0.6 is 0 Å². The minimum atomic E-state index is -0.307. The Balaban J connectivity index is 1.97. The topological polar surface area (TPSA) is 29.1 Å². The Morgan fingerprint density at radius 2 is 1.90 bits per heavy atom. The van der Waals surface area contributed by atoms with Gasteiger partial charge in [0.2, 0.25) is 5.91 Å². The second kappa shape index (κ2) is 6.33. The van der Waals surface area contributed by atoms with Crippen molar-refractivity contribution in [3.05, 3.63) is 65.5 Å². The van der Waals surface area contributed by atoms with Gasteiger partial charge in [0.1, 0.15) is 5.82 Å². The minimum Gasteiger partial charge on any atom is -0.326 e. The van der Waals surface area contributed by atoms with Crippen LogP contribution in [0.4, 0.5) is 10.1 Å². The van der Waals surface area contributed by atoms with Crippen molar-refractivity contribution < 1.29 is 9.18 Å². The SMILES string of the molecule is Cc1ccc(NC(=O)C[C@@H](C)c2ccccc2)cc1F. The molecule has 0 aromatic heterocycles. The monoisotopic (exact) mass is 271 g/mol. The summed E-state index contributed by atoms with van der Waals surface area (Å²) >= 11 is 0. The molecule has 20 heavy (non-hydrogen) atoms. The number of amides is 1. The number of halogens is 1. The number of nitrogens with one attached hydrogen (secondary N) is 1. The summed E-state index contributed by atoms with van der Waals surface area (Å²) in [5.41, 5.74) is 2.19. The van der Waals surface area contributed by atoms with Crippen LogP contribution in [-0.2, 0) is 4.79 Å². The average Bonchev–Trinajstić information content (AvgIpc) is 2.44. The van der Waals surface area contributed by atoms with E-state index in [2.05, 4.69) is 5.32 Å². The predicted octanol–water partition coefficient (Wildman–Crippen LogP) is 4.27. The largest absolute Gasteiger partial charge is 0.326 e. The number of carbonyl (C=O) groups excluding carboxylic acids is 1. The van der Waals surface area contributed by atoms with Gasteiger partial charge in [-0.2, -0.15) is 0 Å². The molecule has 2 nitrogen and oxygen atoms in total. The van der Waals surface area contributed by atoms with Crippen molar-refractivity contribution in [3.8, 4) is 0 Å². The summed E-state index contributed by atoms with van der Waals surface area (Å²) in [7, 11) is 0. The molecule has 2 aromatic rings. The second-order valence-corrected chi connectivity index (χ2v) is 5.03. The van der Waals surface area contributed by atoms with Gasteiger partial charge in [-0.25, -0.2) is 4.39 Å². The van der Waals surface area contributed by atoms with E-state index in [1.807, 2.05) is 37.3 Å². The Morgan fingerprint density at radius 3 is 2.55 bits per heavy atom. The maximum Gasteiger partial charge on any atom is 0.224 e. The van der Waals surface area contributed by atoms with Crippen LogP contribution in [-0.4, -0.2) is 5.91 Å². The molecule has 104 valence electrons. The summed E-state index contributed by atoms with van der Waals surface area (Å²) in [6.45, 7) is 3.70. The molecule has 0 bridgehead atoms. The Labute approximate surface area is 118 Å². The number of rotatable bonds is 4. The number of benzene rings is 2. The molecule has 2 aromatic carbocycles. The first kappa shape index (κ1) is 14.3. The van der Waals surface area contributed by atoms with E-state index in [9.17, 15) is 9.18 Å². The van der Waals surface area contributed by atoms with Crippen molar-refractivity contribution in [2.45, 2.75) is 26.2 Å². The first-order valence-corrected chi connectivity index (χ1v) is 6.67. The van der Waals surface area contributed by atoms with E-state index >= 15 is 0 Å². The third kappa shape index (κ3) is 3.67. The highest BCUT2D eigenvalue weighted by Gasteiger charge is 2.11. The first-order valence-electron chi connectivity index (χ1n) is 6.67. The van der Waals surface area contributed by atoms with Crippen molar-refractivity contribution >= 4 is 11.6 Å². The fourth-order valence-electron chi connectivity index (χ4n) is 2.06.